The Labute approximate surface area is 91.5 Å². The number of carbonyl (C=O) groups is 1. The fourth-order valence-corrected chi connectivity index (χ4v) is 1.93. The topological polar surface area (TPSA) is 64.3 Å². The average Bonchev–Trinajstić information content (AvgIpc) is 2.59. The fraction of sp³-hybridized carbons (Fsp3) is 0.909. The summed E-state index contributed by atoms with van der Waals surface area (Å²) in [5, 5.41) is 2.99. The quantitative estimate of drug-likeness (QED) is 0.643. The zero-order valence-electron chi connectivity index (χ0n) is 9.50. The van der Waals surface area contributed by atoms with E-state index in [1.54, 1.807) is 0 Å². The van der Waals surface area contributed by atoms with Gasteiger partial charge in [-0.1, -0.05) is 0 Å². The molecule has 0 heterocycles. The van der Waals surface area contributed by atoms with Crippen LogP contribution in [0, 0.1) is 0 Å². The van der Waals surface area contributed by atoms with E-state index in [9.17, 15) is 4.79 Å². The first kappa shape index (κ1) is 12.5. The largest absolute Gasteiger partial charge is 0.382 e. The lowest BCUT2D eigenvalue weighted by Crippen LogP contribution is -2.43. The summed E-state index contributed by atoms with van der Waals surface area (Å²) in [5.74, 6) is 0.108. The standard InChI is InChI=1S/C11H22N2O2/c1-2-15-8-4-7-11(14)13-10-6-3-5-9(10)12/h9-10H,2-8,12H2,1H3,(H,13,14). The Kier molecular flexibility index (Phi) is 5.65. The van der Waals surface area contributed by atoms with Crippen molar-refractivity contribution < 1.29 is 9.53 Å². The summed E-state index contributed by atoms with van der Waals surface area (Å²) in [7, 11) is 0. The minimum absolute atomic E-state index is 0.108. The monoisotopic (exact) mass is 214 g/mol. The van der Waals surface area contributed by atoms with Gasteiger partial charge in [0.25, 0.3) is 0 Å². The number of hydrogen-bond donors (Lipinski definition) is 2. The lowest BCUT2D eigenvalue weighted by atomic mass is 10.2. The second-order valence-electron chi connectivity index (χ2n) is 4.07. The molecule has 1 amide bonds. The van der Waals surface area contributed by atoms with E-state index in [0.717, 1.165) is 32.3 Å². The second-order valence-corrected chi connectivity index (χ2v) is 4.07. The SMILES string of the molecule is CCOCCCC(=O)NC1CCCC1N. The van der Waals surface area contributed by atoms with Gasteiger partial charge in [0, 0.05) is 31.7 Å². The van der Waals surface area contributed by atoms with E-state index < -0.39 is 0 Å². The highest BCUT2D eigenvalue weighted by atomic mass is 16.5. The van der Waals surface area contributed by atoms with Crippen molar-refractivity contribution in [1.29, 1.82) is 0 Å². The van der Waals surface area contributed by atoms with Crippen LogP contribution in [-0.2, 0) is 9.53 Å². The number of ether oxygens (including phenoxy) is 1. The minimum Gasteiger partial charge on any atom is -0.382 e. The molecule has 0 aromatic rings. The molecular weight excluding hydrogens is 192 g/mol. The van der Waals surface area contributed by atoms with Gasteiger partial charge in [-0.05, 0) is 32.6 Å². The molecule has 0 aliphatic heterocycles. The zero-order valence-corrected chi connectivity index (χ0v) is 9.50. The summed E-state index contributed by atoms with van der Waals surface area (Å²) in [4.78, 5) is 11.5. The van der Waals surface area contributed by atoms with Crippen molar-refractivity contribution in [3.05, 3.63) is 0 Å². The number of amides is 1. The molecule has 3 N–H and O–H groups in total. The molecule has 0 aromatic heterocycles. The molecule has 1 aliphatic carbocycles. The number of rotatable bonds is 6. The third-order valence-electron chi connectivity index (χ3n) is 2.81. The van der Waals surface area contributed by atoms with Crippen LogP contribution in [0.4, 0.5) is 0 Å². The van der Waals surface area contributed by atoms with Crippen LogP contribution in [0.5, 0.6) is 0 Å². The van der Waals surface area contributed by atoms with E-state index >= 15 is 0 Å². The van der Waals surface area contributed by atoms with E-state index in [4.69, 9.17) is 10.5 Å². The zero-order chi connectivity index (χ0) is 11.1. The molecule has 4 heteroatoms. The Morgan fingerprint density at radius 3 is 2.93 bits per heavy atom. The Morgan fingerprint density at radius 1 is 1.53 bits per heavy atom. The molecule has 0 aromatic carbocycles. The lowest BCUT2D eigenvalue weighted by molar-refractivity contribution is -0.122. The molecule has 88 valence electrons. The first-order chi connectivity index (χ1) is 7.24. The van der Waals surface area contributed by atoms with E-state index in [1.165, 1.54) is 0 Å². The maximum Gasteiger partial charge on any atom is 0.220 e. The molecule has 0 spiro atoms. The molecule has 1 aliphatic rings. The Bertz CT molecular complexity index is 197. The van der Waals surface area contributed by atoms with Crippen LogP contribution in [0.2, 0.25) is 0 Å². The molecule has 2 atom stereocenters. The van der Waals surface area contributed by atoms with Crippen molar-refractivity contribution in [2.45, 2.75) is 51.1 Å². The van der Waals surface area contributed by atoms with Crippen LogP contribution in [0.25, 0.3) is 0 Å². The van der Waals surface area contributed by atoms with E-state index in [-0.39, 0.29) is 18.0 Å². The molecule has 4 nitrogen and oxygen atoms in total. The van der Waals surface area contributed by atoms with Crippen LogP contribution in [0.3, 0.4) is 0 Å². The molecular formula is C11H22N2O2. The van der Waals surface area contributed by atoms with Gasteiger partial charge < -0.3 is 15.8 Å². The van der Waals surface area contributed by atoms with Crippen LogP contribution in [0.15, 0.2) is 0 Å². The lowest BCUT2D eigenvalue weighted by Gasteiger charge is -2.17. The summed E-state index contributed by atoms with van der Waals surface area (Å²) in [6, 6.07) is 0.352. The predicted octanol–water partition coefficient (Wildman–Crippen LogP) is 0.799. The Morgan fingerprint density at radius 2 is 2.33 bits per heavy atom. The molecule has 2 unspecified atom stereocenters. The first-order valence-corrected chi connectivity index (χ1v) is 5.86. The summed E-state index contributed by atoms with van der Waals surface area (Å²) in [5.41, 5.74) is 5.86. The molecule has 15 heavy (non-hydrogen) atoms. The van der Waals surface area contributed by atoms with Gasteiger partial charge in [-0.25, -0.2) is 0 Å². The average molecular weight is 214 g/mol. The van der Waals surface area contributed by atoms with E-state index in [2.05, 4.69) is 5.32 Å². The van der Waals surface area contributed by atoms with Gasteiger partial charge >= 0.3 is 0 Å². The van der Waals surface area contributed by atoms with Crippen molar-refractivity contribution in [3.63, 3.8) is 0 Å². The van der Waals surface area contributed by atoms with Gasteiger partial charge in [0.15, 0.2) is 0 Å². The van der Waals surface area contributed by atoms with Crippen LogP contribution in [0.1, 0.15) is 39.0 Å². The second kappa shape index (κ2) is 6.80. The highest BCUT2D eigenvalue weighted by molar-refractivity contribution is 5.76. The molecule has 0 bridgehead atoms. The summed E-state index contributed by atoms with van der Waals surface area (Å²) < 4.78 is 5.17. The van der Waals surface area contributed by atoms with E-state index in [0.29, 0.717) is 13.0 Å². The third kappa shape index (κ3) is 4.62. The maximum absolute atomic E-state index is 11.5. The van der Waals surface area contributed by atoms with Crippen molar-refractivity contribution in [3.8, 4) is 0 Å². The highest BCUT2D eigenvalue weighted by Gasteiger charge is 2.24. The molecule has 1 saturated carbocycles. The smallest absolute Gasteiger partial charge is 0.220 e. The summed E-state index contributed by atoms with van der Waals surface area (Å²) in [6.07, 6.45) is 4.53. The van der Waals surface area contributed by atoms with Gasteiger partial charge in [0.2, 0.25) is 5.91 Å². The van der Waals surface area contributed by atoms with Gasteiger partial charge in [0.1, 0.15) is 0 Å². The summed E-state index contributed by atoms with van der Waals surface area (Å²) >= 11 is 0. The van der Waals surface area contributed by atoms with Gasteiger partial charge in [0.05, 0.1) is 0 Å². The number of carbonyl (C=O) groups excluding carboxylic acids is 1. The predicted molar refractivity (Wildman–Crippen MR) is 59.5 cm³/mol. The minimum atomic E-state index is 0.108. The van der Waals surface area contributed by atoms with Crippen molar-refractivity contribution >= 4 is 5.91 Å². The third-order valence-corrected chi connectivity index (χ3v) is 2.81. The number of hydrogen-bond acceptors (Lipinski definition) is 3. The van der Waals surface area contributed by atoms with Crippen LogP contribution < -0.4 is 11.1 Å². The van der Waals surface area contributed by atoms with Crippen molar-refractivity contribution in [2.24, 2.45) is 5.73 Å². The maximum atomic E-state index is 11.5. The molecule has 0 saturated heterocycles. The van der Waals surface area contributed by atoms with Crippen molar-refractivity contribution in [1.82, 2.24) is 5.32 Å². The normalized spacial score (nSPS) is 25.5. The van der Waals surface area contributed by atoms with Gasteiger partial charge in [-0.2, -0.15) is 0 Å². The van der Waals surface area contributed by atoms with E-state index in [1.807, 2.05) is 6.92 Å². The molecule has 1 fully saturated rings. The Balaban J connectivity index is 2.07. The molecule has 1 rings (SSSR count). The van der Waals surface area contributed by atoms with Crippen LogP contribution in [-0.4, -0.2) is 31.2 Å². The van der Waals surface area contributed by atoms with Crippen molar-refractivity contribution in [2.75, 3.05) is 13.2 Å². The fourth-order valence-electron chi connectivity index (χ4n) is 1.93. The number of nitrogens with one attached hydrogen (secondary N) is 1. The highest BCUT2D eigenvalue weighted by Crippen LogP contribution is 2.17. The number of nitrogens with two attached hydrogens (primary N) is 1. The van der Waals surface area contributed by atoms with Gasteiger partial charge in [-0.15, -0.1) is 0 Å². The first-order valence-electron chi connectivity index (χ1n) is 5.86. The van der Waals surface area contributed by atoms with Crippen LogP contribution >= 0.6 is 0 Å². The Hall–Kier alpha value is -0.610. The summed E-state index contributed by atoms with van der Waals surface area (Å²) in [6.45, 7) is 3.34. The van der Waals surface area contributed by atoms with Gasteiger partial charge in [-0.3, -0.25) is 4.79 Å². The molecule has 0 radical (unpaired) electrons.